The third kappa shape index (κ3) is 4.92. The average molecular weight is 446 g/mol. The van der Waals surface area contributed by atoms with Crippen LogP contribution in [-0.2, 0) is 11.8 Å². The van der Waals surface area contributed by atoms with Gasteiger partial charge < -0.3 is 24.3 Å². The van der Waals surface area contributed by atoms with Crippen molar-refractivity contribution in [1.82, 2.24) is 14.9 Å². The van der Waals surface area contributed by atoms with Crippen molar-refractivity contribution in [1.29, 1.82) is 0 Å². The highest BCUT2D eigenvalue weighted by molar-refractivity contribution is 5.84. The molecule has 0 saturated carbocycles. The van der Waals surface area contributed by atoms with Gasteiger partial charge in [0.05, 0.1) is 7.11 Å². The molecule has 7 nitrogen and oxygen atoms in total. The first-order valence-electron chi connectivity index (χ1n) is 10.7. The molecule has 4 rings (SSSR count). The quantitative estimate of drug-likeness (QED) is 0.435. The van der Waals surface area contributed by atoms with Crippen molar-refractivity contribution in [2.75, 3.05) is 20.3 Å². The Morgan fingerprint density at radius 3 is 2.67 bits per heavy atom. The first-order valence-corrected chi connectivity index (χ1v) is 10.7. The minimum absolute atomic E-state index is 0.0803. The summed E-state index contributed by atoms with van der Waals surface area (Å²) in [7, 11) is 3.45. The molecular weight excluding hydrogens is 418 g/mol. The van der Waals surface area contributed by atoms with Crippen molar-refractivity contribution >= 4 is 16.8 Å². The number of hydrogen-bond acceptors (Lipinski definition) is 4. The van der Waals surface area contributed by atoms with E-state index in [4.69, 9.17) is 9.47 Å². The molecule has 2 aromatic heterocycles. The van der Waals surface area contributed by atoms with Crippen LogP contribution in [0, 0.1) is 6.92 Å². The predicted molar refractivity (Wildman–Crippen MR) is 128 cm³/mol. The number of amides is 1. The Morgan fingerprint density at radius 2 is 1.91 bits per heavy atom. The number of aryl methyl sites for hydroxylation is 2. The Balaban J connectivity index is 1.51. The van der Waals surface area contributed by atoms with Gasteiger partial charge in [-0.1, -0.05) is 30.3 Å². The van der Waals surface area contributed by atoms with E-state index < -0.39 is 0 Å². The molecule has 0 unspecified atom stereocenters. The molecule has 2 heterocycles. The van der Waals surface area contributed by atoms with Gasteiger partial charge in [-0.2, -0.15) is 0 Å². The van der Waals surface area contributed by atoms with Gasteiger partial charge in [0, 0.05) is 54.6 Å². The van der Waals surface area contributed by atoms with Crippen molar-refractivity contribution < 1.29 is 14.3 Å². The third-order valence-corrected chi connectivity index (χ3v) is 5.83. The average Bonchev–Trinajstić information content (AvgIpc) is 3.25. The molecule has 33 heavy (non-hydrogen) atoms. The summed E-state index contributed by atoms with van der Waals surface area (Å²) in [5.74, 6) is 0.550. The predicted octanol–water partition coefficient (Wildman–Crippen LogP) is 3.51. The maximum Gasteiger partial charge on any atom is 0.257 e. The largest absolute Gasteiger partial charge is 0.497 e. The summed E-state index contributed by atoms with van der Waals surface area (Å²) < 4.78 is 12.6. The monoisotopic (exact) mass is 445 g/mol. The van der Waals surface area contributed by atoms with Crippen LogP contribution in [0.15, 0.2) is 71.8 Å². The van der Waals surface area contributed by atoms with Crippen LogP contribution < -0.4 is 20.2 Å². The first-order chi connectivity index (χ1) is 16.0. The molecule has 0 aliphatic heterocycles. The summed E-state index contributed by atoms with van der Waals surface area (Å²) in [6.45, 7) is 1.98. The van der Waals surface area contributed by atoms with E-state index in [2.05, 4.69) is 16.4 Å². The molecule has 170 valence electrons. The van der Waals surface area contributed by atoms with E-state index in [0.29, 0.717) is 6.54 Å². The van der Waals surface area contributed by atoms with Crippen LogP contribution in [-0.4, -0.2) is 35.7 Å². The second-order valence-electron chi connectivity index (χ2n) is 7.96. The molecule has 4 aromatic rings. The van der Waals surface area contributed by atoms with Gasteiger partial charge in [0.2, 0.25) is 5.43 Å². The molecule has 1 amide bonds. The van der Waals surface area contributed by atoms with Gasteiger partial charge in [-0.25, -0.2) is 0 Å². The summed E-state index contributed by atoms with van der Waals surface area (Å²) in [5.41, 5.74) is 3.75. The van der Waals surface area contributed by atoms with Crippen LogP contribution in [0.2, 0.25) is 0 Å². The van der Waals surface area contributed by atoms with E-state index in [1.165, 1.54) is 6.07 Å². The van der Waals surface area contributed by atoms with Gasteiger partial charge in [-0.3, -0.25) is 9.59 Å². The highest BCUT2D eigenvalue weighted by atomic mass is 16.5. The highest BCUT2D eigenvalue weighted by Gasteiger charge is 2.19. The molecule has 1 atom stereocenters. The molecule has 2 aromatic carbocycles. The smallest absolute Gasteiger partial charge is 0.257 e. The molecular formula is C26H27N3O4. The lowest BCUT2D eigenvalue weighted by atomic mass is 9.91. The van der Waals surface area contributed by atoms with Crippen molar-refractivity contribution in [2.45, 2.75) is 12.8 Å². The lowest BCUT2D eigenvalue weighted by molar-refractivity contribution is -0.123. The number of methoxy groups -OCH3 is 1. The zero-order valence-corrected chi connectivity index (χ0v) is 18.9. The molecule has 0 fully saturated rings. The SMILES string of the molecule is COc1ccc([C@H](CNC(=O)COc2cn(C)c(C)cc2=O)c2c[nH]c3ccccc23)cc1. The Labute approximate surface area is 192 Å². The number of fused-ring (bicyclic) bond motifs is 1. The second kappa shape index (κ2) is 9.65. The van der Waals surface area contributed by atoms with Crippen LogP contribution in [0.4, 0.5) is 0 Å². The summed E-state index contributed by atoms with van der Waals surface area (Å²) in [6, 6.07) is 17.4. The Kier molecular flexibility index (Phi) is 6.49. The first kappa shape index (κ1) is 22.2. The topological polar surface area (TPSA) is 85.3 Å². The summed E-state index contributed by atoms with van der Waals surface area (Å²) >= 11 is 0. The summed E-state index contributed by atoms with van der Waals surface area (Å²) in [6.07, 6.45) is 3.58. The lowest BCUT2D eigenvalue weighted by Gasteiger charge is -2.19. The number of aromatic amines is 1. The van der Waals surface area contributed by atoms with Crippen LogP contribution >= 0.6 is 0 Å². The number of para-hydroxylation sites is 1. The molecule has 0 spiro atoms. The molecule has 2 N–H and O–H groups in total. The van der Waals surface area contributed by atoms with Crippen molar-refractivity contribution in [3.63, 3.8) is 0 Å². The van der Waals surface area contributed by atoms with Crippen molar-refractivity contribution in [3.05, 3.63) is 94.0 Å². The zero-order chi connectivity index (χ0) is 23.4. The molecule has 0 aliphatic carbocycles. The van der Waals surface area contributed by atoms with E-state index in [0.717, 1.165) is 33.5 Å². The fraction of sp³-hybridized carbons (Fsp3) is 0.231. The Morgan fingerprint density at radius 1 is 1.15 bits per heavy atom. The number of benzene rings is 2. The van der Waals surface area contributed by atoms with Gasteiger partial charge >= 0.3 is 0 Å². The van der Waals surface area contributed by atoms with Crippen LogP contribution in [0.3, 0.4) is 0 Å². The minimum Gasteiger partial charge on any atom is -0.497 e. The van der Waals surface area contributed by atoms with Crippen LogP contribution in [0.25, 0.3) is 10.9 Å². The molecule has 0 bridgehead atoms. The van der Waals surface area contributed by atoms with E-state index in [-0.39, 0.29) is 29.6 Å². The maximum absolute atomic E-state index is 12.6. The Hall–Kier alpha value is -4.00. The number of H-pyrrole nitrogens is 1. The summed E-state index contributed by atoms with van der Waals surface area (Å²) in [4.78, 5) is 28.0. The van der Waals surface area contributed by atoms with Gasteiger partial charge in [0.15, 0.2) is 12.4 Å². The van der Waals surface area contributed by atoms with Gasteiger partial charge in [-0.15, -0.1) is 0 Å². The van der Waals surface area contributed by atoms with E-state index in [1.54, 1.807) is 17.9 Å². The fourth-order valence-electron chi connectivity index (χ4n) is 3.85. The standard InChI is InChI=1S/C26H27N3O4/c1-17-12-24(30)25(15-29(17)2)33-16-26(31)28-13-21(18-8-10-19(32-3)11-9-18)22-14-27-23-7-5-4-6-20(22)23/h4-12,14-15,21,27H,13,16H2,1-3H3,(H,28,31)/t21-/m0/s1. The number of ether oxygens (including phenoxy) is 2. The number of carbonyl (C=O) groups is 1. The zero-order valence-electron chi connectivity index (χ0n) is 18.9. The summed E-state index contributed by atoms with van der Waals surface area (Å²) in [5, 5.41) is 4.06. The van der Waals surface area contributed by atoms with Crippen LogP contribution in [0.1, 0.15) is 22.7 Å². The normalized spacial score (nSPS) is 11.8. The van der Waals surface area contributed by atoms with Gasteiger partial charge in [0.1, 0.15) is 5.75 Å². The number of nitrogens with one attached hydrogen (secondary N) is 2. The van der Waals surface area contributed by atoms with E-state index >= 15 is 0 Å². The number of carbonyl (C=O) groups excluding carboxylic acids is 1. The Bertz CT molecular complexity index is 1320. The van der Waals surface area contributed by atoms with Crippen LogP contribution in [0.5, 0.6) is 11.5 Å². The van der Waals surface area contributed by atoms with Crippen molar-refractivity contribution in [3.8, 4) is 11.5 Å². The van der Waals surface area contributed by atoms with E-state index in [1.807, 2.05) is 62.6 Å². The number of pyridine rings is 1. The molecule has 7 heteroatoms. The fourth-order valence-corrected chi connectivity index (χ4v) is 3.85. The minimum atomic E-state index is -0.295. The molecule has 0 saturated heterocycles. The third-order valence-electron chi connectivity index (χ3n) is 5.83. The second-order valence-corrected chi connectivity index (χ2v) is 7.96. The van der Waals surface area contributed by atoms with Gasteiger partial charge in [-0.05, 0) is 36.2 Å². The maximum atomic E-state index is 12.6. The number of aromatic nitrogens is 2. The highest BCUT2D eigenvalue weighted by Crippen LogP contribution is 2.31. The number of rotatable bonds is 8. The van der Waals surface area contributed by atoms with Crippen molar-refractivity contribution in [2.24, 2.45) is 7.05 Å². The lowest BCUT2D eigenvalue weighted by Crippen LogP contribution is -2.33. The van der Waals surface area contributed by atoms with Gasteiger partial charge in [0.25, 0.3) is 5.91 Å². The number of nitrogens with zero attached hydrogens (tertiary/aromatic N) is 1. The molecule has 0 radical (unpaired) electrons. The molecule has 0 aliphatic rings. The number of hydrogen-bond donors (Lipinski definition) is 2. The van der Waals surface area contributed by atoms with E-state index in [9.17, 15) is 9.59 Å².